The predicted molar refractivity (Wildman–Crippen MR) is 85.4 cm³/mol. The molecule has 0 radical (unpaired) electrons. The Hall–Kier alpha value is -0.820. The third kappa shape index (κ3) is 7.37. The van der Waals surface area contributed by atoms with Gasteiger partial charge in [-0.2, -0.15) is 0 Å². The van der Waals surface area contributed by atoms with Gasteiger partial charge >= 0.3 is 0 Å². The second-order valence-electron chi connectivity index (χ2n) is 6.74. The van der Waals surface area contributed by atoms with Gasteiger partial charge in [-0.05, 0) is 30.4 Å². The van der Waals surface area contributed by atoms with Gasteiger partial charge in [0, 0.05) is 6.04 Å². The van der Waals surface area contributed by atoms with E-state index in [0.717, 1.165) is 6.54 Å². The summed E-state index contributed by atoms with van der Waals surface area (Å²) in [5.41, 5.74) is 1.78. The molecule has 0 aliphatic carbocycles. The summed E-state index contributed by atoms with van der Waals surface area (Å²) in [5, 5.41) is 3.75. The minimum atomic E-state index is 0.358. The van der Waals surface area contributed by atoms with Crippen molar-refractivity contribution in [2.24, 2.45) is 5.41 Å². The van der Waals surface area contributed by atoms with Gasteiger partial charge in [0.2, 0.25) is 0 Å². The zero-order valence-corrected chi connectivity index (χ0v) is 13.2. The normalized spacial score (nSPS) is 13.5. The van der Waals surface area contributed by atoms with E-state index >= 15 is 0 Å². The van der Waals surface area contributed by atoms with Crippen LogP contribution >= 0.6 is 0 Å². The van der Waals surface area contributed by atoms with Crippen LogP contribution < -0.4 is 5.32 Å². The lowest BCUT2D eigenvalue weighted by molar-refractivity contribution is 0.310. The molecule has 1 atom stereocenters. The van der Waals surface area contributed by atoms with E-state index in [1.54, 1.807) is 0 Å². The summed E-state index contributed by atoms with van der Waals surface area (Å²) in [6.07, 6.45) is 6.49. The van der Waals surface area contributed by atoms with Crippen molar-refractivity contribution in [3.05, 3.63) is 35.9 Å². The van der Waals surface area contributed by atoms with E-state index in [4.69, 9.17) is 0 Å². The average Bonchev–Trinajstić information content (AvgIpc) is 2.37. The molecule has 0 aromatic heterocycles. The topological polar surface area (TPSA) is 12.0 Å². The third-order valence-electron chi connectivity index (χ3n) is 3.44. The molecular weight excluding hydrogens is 230 g/mol. The summed E-state index contributed by atoms with van der Waals surface area (Å²) in [6, 6.07) is 11.4. The molecule has 0 saturated carbocycles. The fraction of sp³-hybridized carbons (Fsp3) is 0.667. The summed E-state index contributed by atoms with van der Waals surface area (Å²) in [6.45, 7) is 10.4. The summed E-state index contributed by atoms with van der Waals surface area (Å²) in [4.78, 5) is 0. The summed E-state index contributed by atoms with van der Waals surface area (Å²) in [7, 11) is 0. The Bertz CT molecular complexity index is 323. The lowest BCUT2D eigenvalue weighted by Crippen LogP contribution is -2.26. The van der Waals surface area contributed by atoms with Gasteiger partial charge in [-0.25, -0.2) is 0 Å². The molecule has 19 heavy (non-hydrogen) atoms. The minimum absolute atomic E-state index is 0.358. The summed E-state index contributed by atoms with van der Waals surface area (Å²) in [5.74, 6) is 0. The van der Waals surface area contributed by atoms with Crippen molar-refractivity contribution in [1.82, 2.24) is 5.32 Å². The molecule has 1 rings (SSSR count). The van der Waals surface area contributed by atoms with E-state index in [9.17, 15) is 0 Å². The van der Waals surface area contributed by atoms with Crippen molar-refractivity contribution in [3.8, 4) is 0 Å². The van der Waals surface area contributed by atoms with Gasteiger partial charge in [-0.1, -0.05) is 77.3 Å². The number of rotatable bonds is 8. The molecule has 1 nitrogen and oxygen atoms in total. The van der Waals surface area contributed by atoms with E-state index < -0.39 is 0 Å². The van der Waals surface area contributed by atoms with Gasteiger partial charge in [0.1, 0.15) is 0 Å². The highest BCUT2D eigenvalue weighted by molar-refractivity contribution is 5.19. The Morgan fingerprint density at radius 3 is 2.26 bits per heavy atom. The van der Waals surface area contributed by atoms with Crippen molar-refractivity contribution >= 4 is 0 Å². The van der Waals surface area contributed by atoms with Crippen LogP contribution in [0.2, 0.25) is 0 Å². The maximum absolute atomic E-state index is 3.75. The molecule has 1 aromatic carbocycles. The minimum Gasteiger partial charge on any atom is -0.310 e. The van der Waals surface area contributed by atoms with Crippen LogP contribution in [-0.2, 0) is 0 Å². The molecule has 0 fully saturated rings. The standard InChI is InChI=1S/C18H31N/c1-5-6-7-11-14-19-17(15-18(2,3)4)16-12-9-8-10-13-16/h8-10,12-13,17,19H,5-7,11,14-15H2,1-4H3. The molecule has 0 aliphatic heterocycles. The van der Waals surface area contributed by atoms with Crippen LogP contribution in [0, 0.1) is 5.41 Å². The van der Waals surface area contributed by atoms with Crippen LogP contribution in [0.15, 0.2) is 30.3 Å². The first-order chi connectivity index (χ1) is 9.03. The largest absolute Gasteiger partial charge is 0.310 e. The van der Waals surface area contributed by atoms with Gasteiger partial charge < -0.3 is 5.32 Å². The fourth-order valence-corrected chi connectivity index (χ4v) is 2.43. The Kier molecular flexibility index (Phi) is 7.15. The Morgan fingerprint density at radius 2 is 1.68 bits per heavy atom. The summed E-state index contributed by atoms with van der Waals surface area (Å²) < 4.78 is 0. The Morgan fingerprint density at radius 1 is 1.00 bits per heavy atom. The third-order valence-corrected chi connectivity index (χ3v) is 3.44. The second kappa shape index (κ2) is 8.37. The van der Waals surface area contributed by atoms with E-state index in [-0.39, 0.29) is 0 Å². The molecule has 0 aliphatic rings. The molecule has 0 amide bonds. The maximum Gasteiger partial charge on any atom is 0.0325 e. The van der Waals surface area contributed by atoms with Crippen LogP contribution in [0.4, 0.5) is 0 Å². The first kappa shape index (κ1) is 16.2. The van der Waals surface area contributed by atoms with Crippen LogP contribution in [0.1, 0.15) is 71.4 Å². The van der Waals surface area contributed by atoms with Gasteiger partial charge in [0.05, 0.1) is 0 Å². The number of benzene rings is 1. The summed E-state index contributed by atoms with van der Waals surface area (Å²) >= 11 is 0. The molecule has 1 N–H and O–H groups in total. The van der Waals surface area contributed by atoms with Crippen molar-refractivity contribution in [2.45, 2.75) is 65.8 Å². The zero-order valence-electron chi connectivity index (χ0n) is 13.2. The zero-order chi connectivity index (χ0) is 14.1. The molecule has 0 bridgehead atoms. The van der Waals surface area contributed by atoms with Gasteiger partial charge in [0.25, 0.3) is 0 Å². The first-order valence-corrected chi connectivity index (χ1v) is 7.81. The molecule has 0 heterocycles. The molecular formula is C18H31N. The number of hydrogen-bond acceptors (Lipinski definition) is 1. The average molecular weight is 261 g/mol. The predicted octanol–water partition coefficient (Wildman–Crippen LogP) is 5.33. The lowest BCUT2D eigenvalue weighted by atomic mass is 9.85. The highest BCUT2D eigenvalue weighted by atomic mass is 14.9. The van der Waals surface area contributed by atoms with E-state index in [0.29, 0.717) is 11.5 Å². The van der Waals surface area contributed by atoms with Gasteiger partial charge in [0.15, 0.2) is 0 Å². The molecule has 0 saturated heterocycles. The maximum atomic E-state index is 3.75. The van der Waals surface area contributed by atoms with E-state index in [1.807, 2.05) is 0 Å². The second-order valence-corrected chi connectivity index (χ2v) is 6.74. The van der Waals surface area contributed by atoms with Gasteiger partial charge in [-0.3, -0.25) is 0 Å². The van der Waals surface area contributed by atoms with Crippen molar-refractivity contribution in [3.63, 3.8) is 0 Å². The van der Waals surface area contributed by atoms with Crippen LogP contribution in [0.25, 0.3) is 0 Å². The number of nitrogens with one attached hydrogen (secondary N) is 1. The molecule has 0 spiro atoms. The van der Waals surface area contributed by atoms with E-state index in [2.05, 4.69) is 63.3 Å². The monoisotopic (exact) mass is 261 g/mol. The van der Waals surface area contributed by atoms with Crippen LogP contribution in [-0.4, -0.2) is 6.54 Å². The Labute approximate surface area is 119 Å². The smallest absolute Gasteiger partial charge is 0.0325 e. The van der Waals surface area contributed by atoms with Crippen LogP contribution in [0.5, 0.6) is 0 Å². The van der Waals surface area contributed by atoms with Crippen LogP contribution in [0.3, 0.4) is 0 Å². The SMILES string of the molecule is CCCCCCNC(CC(C)(C)C)c1ccccc1. The molecule has 108 valence electrons. The van der Waals surface area contributed by atoms with Gasteiger partial charge in [-0.15, -0.1) is 0 Å². The Balaban J connectivity index is 2.51. The number of hydrogen-bond donors (Lipinski definition) is 1. The quantitative estimate of drug-likeness (QED) is 0.623. The van der Waals surface area contributed by atoms with E-state index in [1.165, 1.54) is 37.7 Å². The molecule has 1 unspecified atom stereocenters. The van der Waals surface area contributed by atoms with Crippen molar-refractivity contribution in [1.29, 1.82) is 0 Å². The van der Waals surface area contributed by atoms with Crippen molar-refractivity contribution < 1.29 is 0 Å². The number of unbranched alkanes of at least 4 members (excludes halogenated alkanes) is 3. The highest BCUT2D eigenvalue weighted by Crippen LogP contribution is 2.29. The first-order valence-electron chi connectivity index (χ1n) is 7.81. The highest BCUT2D eigenvalue weighted by Gasteiger charge is 2.19. The van der Waals surface area contributed by atoms with Crippen molar-refractivity contribution in [2.75, 3.05) is 6.54 Å². The lowest BCUT2D eigenvalue weighted by Gasteiger charge is -2.27. The molecule has 1 aromatic rings. The fourth-order valence-electron chi connectivity index (χ4n) is 2.43. The molecule has 1 heteroatoms.